The highest BCUT2D eigenvalue weighted by Crippen LogP contribution is 2.35. The zero-order valence-electron chi connectivity index (χ0n) is 17.4. The minimum Gasteiger partial charge on any atom is -0.511 e. The van der Waals surface area contributed by atoms with Crippen LogP contribution in [0, 0.1) is 5.41 Å². The molecule has 150 valence electrons. The fourth-order valence-electron chi connectivity index (χ4n) is 3.33. The summed E-state index contributed by atoms with van der Waals surface area (Å²) in [6, 6.07) is 17.5. The molecule has 0 spiro atoms. The van der Waals surface area contributed by atoms with Gasteiger partial charge in [0.15, 0.2) is 5.78 Å². The van der Waals surface area contributed by atoms with Crippen LogP contribution >= 0.6 is 0 Å². The van der Waals surface area contributed by atoms with E-state index >= 15 is 0 Å². The van der Waals surface area contributed by atoms with Crippen LogP contribution < -0.4 is 0 Å². The van der Waals surface area contributed by atoms with Crippen LogP contribution in [0.5, 0.6) is 0 Å². The molecular formula is C24H27N3O2. The third kappa shape index (κ3) is 5.19. The van der Waals surface area contributed by atoms with Gasteiger partial charge < -0.3 is 10.0 Å². The first-order valence-electron chi connectivity index (χ1n) is 9.66. The molecule has 0 saturated carbocycles. The van der Waals surface area contributed by atoms with Gasteiger partial charge in [-0.25, -0.2) is 4.99 Å². The number of hydrogen-bond donors (Lipinski definition) is 1. The van der Waals surface area contributed by atoms with Crippen molar-refractivity contribution in [1.29, 1.82) is 0 Å². The summed E-state index contributed by atoms with van der Waals surface area (Å²) in [6.07, 6.45) is 2.37. The van der Waals surface area contributed by atoms with Crippen LogP contribution in [0.15, 0.2) is 75.9 Å². The largest absolute Gasteiger partial charge is 0.511 e. The van der Waals surface area contributed by atoms with Crippen LogP contribution in [0.3, 0.4) is 0 Å². The molecule has 0 aliphatic heterocycles. The molecule has 0 amide bonds. The Morgan fingerprint density at radius 1 is 1.00 bits per heavy atom. The second kappa shape index (κ2) is 8.43. The number of benzene rings is 2. The average Bonchev–Trinajstić information content (AvgIpc) is 2.66. The van der Waals surface area contributed by atoms with E-state index in [9.17, 15) is 9.90 Å². The maximum atomic E-state index is 12.3. The number of rotatable bonds is 4. The second-order valence-electron chi connectivity index (χ2n) is 8.27. The molecule has 0 bridgehead atoms. The lowest BCUT2D eigenvalue weighted by Gasteiger charge is -2.28. The molecule has 0 saturated heterocycles. The number of carbonyl (C=O) groups excluding carboxylic acids is 1. The normalized spacial score (nSPS) is 17.1. The van der Waals surface area contributed by atoms with E-state index in [0.717, 1.165) is 17.1 Å². The number of allylic oxidation sites excluding steroid dienone is 2. The van der Waals surface area contributed by atoms with Gasteiger partial charge in [-0.1, -0.05) is 44.2 Å². The fourth-order valence-corrected chi connectivity index (χ4v) is 3.33. The molecule has 5 nitrogen and oxygen atoms in total. The highest BCUT2D eigenvalue weighted by molar-refractivity contribution is 6.14. The number of nitrogens with zero attached hydrogens (tertiary/aromatic N) is 3. The molecule has 3 rings (SSSR count). The fraction of sp³-hybridized carbons (Fsp3) is 0.292. The van der Waals surface area contributed by atoms with Crippen molar-refractivity contribution in [3.8, 4) is 0 Å². The number of aliphatic imine (C=N–C) groups is 2. The van der Waals surface area contributed by atoms with Crippen molar-refractivity contribution in [1.82, 2.24) is 4.90 Å². The Balaban J connectivity index is 1.80. The van der Waals surface area contributed by atoms with Gasteiger partial charge in [0.1, 0.15) is 11.6 Å². The van der Waals surface area contributed by atoms with E-state index in [2.05, 4.69) is 4.99 Å². The number of amidine groups is 1. The van der Waals surface area contributed by atoms with Crippen LogP contribution in [0.2, 0.25) is 0 Å². The Hall–Kier alpha value is -3.21. The van der Waals surface area contributed by atoms with Crippen LogP contribution in [-0.4, -0.2) is 41.9 Å². The van der Waals surface area contributed by atoms with E-state index in [1.54, 1.807) is 0 Å². The number of aliphatic hydroxyl groups is 1. The van der Waals surface area contributed by atoms with Gasteiger partial charge >= 0.3 is 0 Å². The summed E-state index contributed by atoms with van der Waals surface area (Å²) >= 11 is 0. The van der Waals surface area contributed by atoms with Crippen LogP contribution in [0.25, 0.3) is 0 Å². The third-order valence-electron chi connectivity index (χ3n) is 4.78. The van der Waals surface area contributed by atoms with Gasteiger partial charge in [0.25, 0.3) is 0 Å². The van der Waals surface area contributed by atoms with Crippen molar-refractivity contribution in [3.63, 3.8) is 0 Å². The summed E-state index contributed by atoms with van der Waals surface area (Å²) in [4.78, 5) is 23.4. The summed E-state index contributed by atoms with van der Waals surface area (Å²) in [6.45, 7) is 3.96. The lowest BCUT2D eigenvalue weighted by Crippen LogP contribution is -2.26. The van der Waals surface area contributed by atoms with Gasteiger partial charge in [-0.15, -0.1) is 0 Å². The minimum atomic E-state index is -0.207. The summed E-state index contributed by atoms with van der Waals surface area (Å²) in [5.74, 6) is 0.921. The predicted octanol–water partition coefficient (Wildman–Crippen LogP) is 5.23. The Bertz CT molecular complexity index is 969. The van der Waals surface area contributed by atoms with Crippen molar-refractivity contribution in [2.75, 3.05) is 14.1 Å². The molecule has 0 radical (unpaired) electrons. The van der Waals surface area contributed by atoms with Crippen molar-refractivity contribution in [2.24, 2.45) is 15.4 Å². The molecule has 1 N–H and O–H groups in total. The SMILES string of the molecule is CN(C)C(=Nc1ccc(N=CC2=C(O)CC(C)(C)CC2=O)cc1)c1ccccc1. The van der Waals surface area contributed by atoms with E-state index in [1.807, 2.05) is 87.4 Å². The Morgan fingerprint density at radius 3 is 2.21 bits per heavy atom. The first-order valence-corrected chi connectivity index (χ1v) is 9.66. The topological polar surface area (TPSA) is 65.3 Å². The van der Waals surface area contributed by atoms with E-state index in [-0.39, 0.29) is 17.0 Å². The summed E-state index contributed by atoms with van der Waals surface area (Å²) in [5.41, 5.74) is 2.66. The maximum Gasteiger partial charge on any atom is 0.168 e. The van der Waals surface area contributed by atoms with Crippen LogP contribution in [0.4, 0.5) is 11.4 Å². The van der Waals surface area contributed by atoms with Crippen molar-refractivity contribution in [2.45, 2.75) is 26.7 Å². The van der Waals surface area contributed by atoms with E-state index in [1.165, 1.54) is 6.21 Å². The molecule has 0 fully saturated rings. The monoisotopic (exact) mass is 389 g/mol. The van der Waals surface area contributed by atoms with Crippen LogP contribution in [-0.2, 0) is 4.79 Å². The molecule has 2 aromatic rings. The molecule has 1 aliphatic carbocycles. The van der Waals surface area contributed by atoms with Crippen molar-refractivity contribution < 1.29 is 9.90 Å². The first kappa shape index (κ1) is 20.5. The van der Waals surface area contributed by atoms with E-state index in [0.29, 0.717) is 24.1 Å². The molecule has 2 aromatic carbocycles. The van der Waals surface area contributed by atoms with Gasteiger partial charge in [-0.05, 0) is 29.7 Å². The van der Waals surface area contributed by atoms with Gasteiger partial charge in [-0.3, -0.25) is 9.79 Å². The molecule has 0 aromatic heterocycles. The number of hydrogen-bond acceptors (Lipinski definition) is 4. The van der Waals surface area contributed by atoms with E-state index < -0.39 is 0 Å². The highest BCUT2D eigenvalue weighted by Gasteiger charge is 2.32. The summed E-state index contributed by atoms with van der Waals surface area (Å²) < 4.78 is 0. The number of ketones is 1. The van der Waals surface area contributed by atoms with Gasteiger partial charge in [-0.2, -0.15) is 0 Å². The van der Waals surface area contributed by atoms with Gasteiger partial charge in [0.2, 0.25) is 0 Å². The van der Waals surface area contributed by atoms with Crippen LogP contribution in [0.1, 0.15) is 32.3 Å². The Morgan fingerprint density at radius 2 is 1.62 bits per heavy atom. The summed E-state index contributed by atoms with van der Waals surface area (Å²) in [5, 5.41) is 10.2. The molecule has 0 unspecified atom stereocenters. The molecular weight excluding hydrogens is 362 g/mol. The number of Topliss-reactive ketones (excluding diaryl/α,β-unsaturated/α-hetero) is 1. The summed E-state index contributed by atoms with van der Waals surface area (Å²) in [7, 11) is 3.93. The predicted molar refractivity (Wildman–Crippen MR) is 119 cm³/mol. The molecule has 5 heteroatoms. The Labute approximate surface area is 172 Å². The molecule has 29 heavy (non-hydrogen) atoms. The lowest BCUT2D eigenvalue weighted by molar-refractivity contribution is -0.117. The van der Waals surface area contributed by atoms with Gasteiger partial charge in [0, 0.05) is 38.7 Å². The zero-order chi connectivity index (χ0) is 21.0. The van der Waals surface area contributed by atoms with Crippen molar-refractivity contribution in [3.05, 3.63) is 71.5 Å². The molecule has 0 atom stereocenters. The molecule has 0 heterocycles. The second-order valence-corrected chi connectivity index (χ2v) is 8.27. The smallest absolute Gasteiger partial charge is 0.168 e. The molecule has 1 aliphatic rings. The van der Waals surface area contributed by atoms with Gasteiger partial charge in [0.05, 0.1) is 16.9 Å². The van der Waals surface area contributed by atoms with E-state index in [4.69, 9.17) is 4.99 Å². The quantitative estimate of drug-likeness (QED) is 0.575. The third-order valence-corrected chi connectivity index (χ3v) is 4.78. The standard InChI is InChI=1S/C24H27N3O2/c1-24(2)14-21(28)20(22(29)15-24)16-25-18-10-12-19(13-11-18)26-23(27(3)4)17-8-6-5-7-9-17/h5-13,16,28H,14-15H2,1-4H3. The highest BCUT2D eigenvalue weighted by atomic mass is 16.3. The lowest BCUT2D eigenvalue weighted by atomic mass is 9.77. The first-order chi connectivity index (χ1) is 13.7. The number of carbonyl (C=O) groups is 1. The zero-order valence-corrected chi connectivity index (χ0v) is 17.4. The minimum absolute atomic E-state index is 0.0674. The van der Waals surface area contributed by atoms with Crippen molar-refractivity contribution >= 4 is 29.2 Å². The maximum absolute atomic E-state index is 12.3. The Kier molecular flexibility index (Phi) is 5.97. The number of aliphatic hydroxyl groups excluding tert-OH is 1. The average molecular weight is 389 g/mol.